The van der Waals surface area contributed by atoms with Crippen LogP contribution in [0.15, 0.2) is 42.9 Å². The number of amides is 1. The smallest absolute Gasteiger partial charge is 0.215 e. The summed E-state index contributed by atoms with van der Waals surface area (Å²) in [6.07, 6.45) is 6.67. The molecule has 1 fully saturated rings. The van der Waals surface area contributed by atoms with Gasteiger partial charge < -0.3 is 4.90 Å². The number of rotatable bonds is 5. The zero-order valence-corrected chi connectivity index (χ0v) is 16.3. The predicted octanol–water partition coefficient (Wildman–Crippen LogP) is 3.89. The van der Waals surface area contributed by atoms with Crippen LogP contribution in [-0.2, 0) is 4.79 Å². The third-order valence-electron chi connectivity index (χ3n) is 5.02. The van der Waals surface area contributed by atoms with Gasteiger partial charge in [-0.15, -0.1) is 0 Å². The second kappa shape index (κ2) is 7.10. The summed E-state index contributed by atoms with van der Waals surface area (Å²) >= 11 is 6.53. The Morgan fingerprint density at radius 2 is 2.11 bits per heavy atom. The van der Waals surface area contributed by atoms with E-state index in [0.717, 1.165) is 34.0 Å². The van der Waals surface area contributed by atoms with E-state index in [4.69, 9.17) is 16.9 Å². The Morgan fingerprint density at radius 1 is 1.29 bits per heavy atom. The molecule has 1 saturated carbocycles. The zero-order valence-electron chi connectivity index (χ0n) is 15.5. The Labute approximate surface area is 168 Å². The molecule has 1 aliphatic carbocycles. The zero-order chi connectivity index (χ0) is 19.8. The van der Waals surface area contributed by atoms with E-state index < -0.39 is 0 Å². The van der Waals surface area contributed by atoms with Crippen molar-refractivity contribution >= 4 is 40.3 Å². The summed E-state index contributed by atoms with van der Waals surface area (Å²) in [5, 5.41) is 11.3. The van der Waals surface area contributed by atoms with Crippen molar-refractivity contribution in [3.8, 4) is 17.2 Å². The quantitative estimate of drug-likeness (QED) is 0.617. The van der Waals surface area contributed by atoms with Crippen molar-refractivity contribution in [2.75, 3.05) is 23.9 Å². The normalized spacial score (nSPS) is 17.8. The van der Waals surface area contributed by atoms with E-state index in [1.54, 1.807) is 12.4 Å². The maximum atomic E-state index is 11.6. The summed E-state index contributed by atoms with van der Waals surface area (Å²) in [4.78, 5) is 23.8. The van der Waals surface area contributed by atoms with Gasteiger partial charge in [0, 0.05) is 49.3 Å². The fourth-order valence-corrected chi connectivity index (χ4v) is 3.70. The van der Waals surface area contributed by atoms with E-state index in [1.807, 2.05) is 49.5 Å². The van der Waals surface area contributed by atoms with E-state index in [1.165, 1.54) is 4.90 Å². The number of aromatic nitrogens is 2. The third kappa shape index (κ3) is 3.14. The number of anilines is 2. The monoisotopic (exact) mass is 391 g/mol. The maximum Gasteiger partial charge on any atom is 0.215 e. The molecular formula is C21H18ClN5O. The molecule has 0 N–H and O–H groups in total. The van der Waals surface area contributed by atoms with Crippen molar-refractivity contribution in [2.24, 2.45) is 5.92 Å². The highest BCUT2D eigenvalue weighted by molar-refractivity contribution is 6.36. The first-order valence-electron chi connectivity index (χ1n) is 8.87. The van der Waals surface area contributed by atoms with Gasteiger partial charge >= 0.3 is 0 Å². The Hall–Kier alpha value is -3.17. The van der Waals surface area contributed by atoms with Gasteiger partial charge in [0.25, 0.3) is 0 Å². The molecule has 28 heavy (non-hydrogen) atoms. The molecule has 0 spiro atoms. The van der Waals surface area contributed by atoms with Gasteiger partial charge in [-0.2, -0.15) is 5.26 Å². The lowest BCUT2D eigenvalue weighted by atomic mass is 10.0. The van der Waals surface area contributed by atoms with Gasteiger partial charge in [0.15, 0.2) is 0 Å². The van der Waals surface area contributed by atoms with E-state index >= 15 is 0 Å². The third-order valence-corrected chi connectivity index (χ3v) is 5.33. The van der Waals surface area contributed by atoms with Crippen molar-refractivity contribution in [1.82, 2.24) is 9.97 Å². The van der Waals surface area contributed by atoms with Gasteiger partial charge in [-0.3, -0.25) is 14.7 Å². The molecule has 0 aliphatic heterocycles. The van der Waals surface area contributed by atoms with Crippen molar-refractivity contribution in [3.05, 3.63) is 47.9 Å². The summed E-state index contributed by atoms with van der Waals surface area (Å²) in [7, 11) is 3.96. The maximum absolute atomic E-state index is 11.6. The first-order valence-corrected chi connectivity index (χ1v) is 9.25. The van der Waals surface area contributed by atoms with Crippen LogP contribution in [0.25, 0.3) is 21.9 Å². The van der Waals surface area contributed by atoms with Crippen LogP contribution in [0, 0.1) is 17.2 Å². The summed E-state index contributed by atoms with van der Waals surface area (Å²) in [6.45, 7) is 0. The average molecular weight is 392 g/mol. The molecule has 2 unspecified atom stereocenters. The van der Waals surface area contributed by atoms with E-state index in [2.05, 4.69) is 16.0 Å². The molecule has 4 rings (SSSR count). The second-order valence-corrected chi connectivity index (χ2v) is 7.47. The van der Waals surface area contributed by atoms with Crippen LogP contribution in [0.1, 0.15) is 6.42 Å². The number of hydrogen-bond donors (Lipinski definition) is 0. The first kappa shape index (κ1) is 18.2. The van der Waals surface area contributed by atoms with Gasteiger partial charge in [0.2, 0.25) is 6.41 Å². The van der Waals surface area contributed by atoms with Crippen LogP contribution in [0.5, 0.6) is 0 Å². The molecular weight excluding hydrogens is 374 g/mol. The largest absolute Gasteiger partial charge is 0.377 e. The SMILES string of the molecule is CN(C)c1ccncc1-c1cc(Cl)c2cnc(N(C=O)C3CC3C#N)cc2c1. The minimum Gasteiger partial charge on any atom is -0.377 e. The Bertz CT molecular complexity index is 1110. The van der Waals surface area contributed by atoms with E-state index in [-0.39, 0.29) is 12.0 Å². The van der Waals surface area contributed by atoms with Crippen LogP contribution in [-0.4, -0.2) is 36.5 Å². The van der Waals surface area contributed by atoms with Crippen LogP contribution in [0.4, 0.5) is 11.5 Å². The number of fused-ring (bicyclic) bond motifs is 1. The molecule has 1 amide bonds. The molecule has 0 radical (unpaired) electrons. The lowest BCUT2D eigenvalue weighted by molar-refractivity contribution is -0.107. The Kier molecular flexibility index (Phi) is 4.62. The molecule has 0 saturated heterocycles. The number of benzene rings is 1. The molecule has 2 heterocycles. The highest BCUT2D eigenvalue weighted by Gasteiger charge is 2.43. The topological polar surface area (TPSA) is 73.1 Å². The molecule has 1 aromatic carbocycles. The standard InChI is InChI=1S/C21H18ClN5O/c1-26(2)19-3-4-24-10-17(19)13-5-14-8-21(25-11-16(14)18(22)6-13)27(12-28)20-7-15(20)9-23/h3-6,8,10-12,15,20H,7H2,1-2H3. The minimum atomic E-state index is -0.129. The molecule has 2 aromatic heterocycles. The van der Waals surface area contributed by atoms with E-state index in [9.17, 15) is 4.79 Å². The lowest BCUT2D eigenvalue weighted by Crippen LogP contribution is -2.25. The van der Waals surface area contributed by atoms with Crippen molar-refractivity contribution in [2.45, 2.75) is 12.5 Å². The molecule has 3 aromatic rings. The van der Waals surface area contributed by atoms with Crippen molar-refractivity contribution in [1.29, 1.82) is 5.26 Å². The van der Waals surface area contributed by atoms with Crippen LogP contribution >= 0.6 is 11.6 Å². The average Bonchev–Trinajstić information content (AvgIpc) is 3.47. The molecule has 140 valence electrons. The fraction of sp³-hybridized carbons (Fsp3) is 0.238. The second-order valence-electron chi connectivity index (χ2n) is 7.06. The summed E-state index contributed by atoms with van der Waals surface area (Å²) < 4.78 is 0. The summed E-state index contributed by atoms with van der Waals surface area (Å²) in [6, 6.07) is 9.82. The number of carbonyl (C=O) groups is 1. The van der Waals surface area contributed by atoms with E-state index in [0.29, 0.717) is 17.3 Å². The van der Waals surface area contributed by atoms with Gasteiger partial charge in [0.1, 0.15) is 5.82 Å². The molecule has 2 atom stereocenters. The Balaban J connectivity index is 1.82. The van der Waals surface area contributed by atoms with Gasteiger partial charge in [-0.1, -0.05) is 11.6 Å². The lowest BCUT2D eigenvalue weighted by Gasteiger charge is -2.18. The fourth-order valence-electron chi connectivity index (χ4n) is 3.43. The number of pyridine rings is 2. The van der Waals surface area contributed by atoms with Crippen molar-refractivity contribution in [3.63, 3.8) is 0 Å². The predicted molar refractivity (Wildman–Crippen MR) is 110 cm³/mol. The molecule has 0 bridgehead atoms. The summed E-state index contributed by atoms with van der Waals surface area (Å²) in [5.41, 5.74) is 2.93. The number of halogens is 1. The molecule has 7 heteroatoms. The number of nitriles is 1. The number of hydrogen-bond acceptors (Lipinski definition) is 5. The van der Waals surface area contributed by atoms with Gasteiger partial charge in [-0.05, 0) is 41.6 Å². The van der Waals surface area contributed by atoms with Gasteiger partial charge in [-0.25, -0.2) is 4.98 Å². The highest BCUT2D eigenvalue weighted by atomic mass is 35.5. The van der Waals surface area contributed by atoms with Crippen LogP contribution in [0.2, 0.25) is 5.02 Å². The number of carbonyl (C=O) groups excluding carboxylic acids is 1. The van der Waals surface area contributed by atoms with Crippen LogP contribution < -0.4 is 9.80 Å². The van der Waals surface area contributed by atoms with Crippen molar-refractivity contribution < 1.29 is 4.79 Å². The minimum absolute atomic E-state index is 0.107. The van der Waals surface area contributed by atoms with Crippen LogP contribution in [0.3, 0.4) is 0 Å². The highest BCUT2D eigenvalue weighted by Crippen LogP contribution is 2.39. The molecule has 1 aliphatic rings. The first-order chi connectivity index (χ1) is 13.5. The Morgan fingerprint density at radius 3 is 2.79 bits per heavy atom. The molecule has 6 nitrogen and oxygen atoms in total. The van der Waals surface area contributed by atoms with Gasteiger partial charge in [0.05, 0.1) is 23.1 Å². The number of nitrogens with zero attached hydrogens (tertiary/aromatic N) is 5. The summed E-state index contributed by atoms with van der Waals surface area (Å²) in [5.74, 6) is 0.396.